The molecule has 1 rings (SSSR count). The van der Waals surface area contributed by atoms with Crippen LogP contribution in [0.2, 0.25) is 0 Å². The second kappa shape index (κ2) is 3.75. The lowest BCUT2D eigenvalue weighted by molar-refractivity contribution is -0.117. The molecule has 0 spiro atoms. The van der Waals surface area contributed by atoms with Gasteiger partial charge in [0.05, 0.1) is 11.3 Å². The van der Waals surface area contributed by atoms with Crippen molar-refractivity contribution < 1.29 is 13.2 Å². The van der Waals surface area contributed by atoms with E-state index in [-0.39, 0.29) is 11.3 Å². The summed E-state index contributed by atoms with van der Waals surface area (Å²) in [5.74, 6) is -0.496. The first kappa shape index (κ1) is 10.6. The highest BCUT2D eigenvalue weighted by molar-refractivity contribution is 7.90. The Morgan fingerprint density at radius 1 is 1.50 bits per heavy atom. The van der Waals surface area contributed by atoms with E-state index < -0.39 is 15.7 Å². The number of hydrogen-bond acceptors (Lipinski definition) is 4. The number of hydrogen-bond donors (Lipinski definition) is 1. The number of nitrogens with zero attached hydrogens (tertiary/aromatic N) is 1. The molecule has 0 aliphatic rings. The van der Waals surface area contributed by atoms with Gasteiger partial charge in [0, 0.05) is 18.1 Å². The summed E-state index contributed by atoms with van der Waals surface area (Å²) in [5, 5.41) is 0. The van der Waals surface area contributed by atoms with Crippen LogP contribution in [0.4, 0.5) is 0 Å². The molecule has 6 heteroatoms. The fourth-order valence-corrected chi connectivity index (χ4v) is 1.47. The zero-order valence-corrected chi connectivity index (χ0v) is 8.41. The molecule has 0 aliphatic heterocycles. The Labute approximate surface area is 81.9 Å². The third kappa shape index (κ3) is 2.81. The number of carbonyl (C=O) groups excluding carboxylic acids is 1. The van der Waals surface area contributed by atoms with Crippen LogP contribution < -0.4 is 5.73 Å². The van der Waals surface area contributed by atoms with Crippen LogP contribution in [0.1, 0.15) is 5.69 Å². The molecule has 1 aromatic heterocycles. The summed E-state index contributed by atoms with van der Waals surface area (Å²) >= 11 is 0. The van der Waals surface area contributed by atoms with E-state index in [1.54, 1.807) is 0 Å². The minimum Gasteiger partial charge on any atom is -0.369 e. The van der Waals surface area contributed by atoms with Crippen molar-refractivity contribution in [3.05, 3.63) is 24.0 Å². The van der Waals surface area contributed by atoms with Gasteiger partial charge in [-0.15, -0.1) is 0 Å². The van der Waals surface area contributed by atoms with Gasteiger partial charge < -0.3 is 5.73 Å². The Bertz CT molecular complexity index is 436. The van der Waals surface area contributed by atoms with Crippen LogP contribution in [0.3, 0.4) is 0 Å². The Kier molecular flexibility index (Phi) is 2.85. The van der Waals surface area contributed by atoms with Gasteiger partial charge in [-0.1, -0.05) is 0 Å². The highest BCUT2D eigenvalue weighted by atomic mass is 32.2. The van der Waals surface area contributed by atoms with Crippen molar-refractivity contribution in [2.24, 2.45) is 5.73 Å². The second-order valence-electron chi connectivity index (χ2n) is 2.90. The molecule has 0 aromatic carbocycles. The average molecular weight is 214 g/mol. The number of pyridine rings is 1. The minimum atomic E-state index is -3.23. The third-order valence-electron chi connectivity index (χ3n) is 1.58. The van der Waals surface area contributed by atoms with E-state index in [0.717, 1.165) is 6.26 Å². The van der Waals surface area contributed by atoms with Gasteiger partial charge in [0.2, 0.25) is 5.91 Å². The van der Waals surface area contributed by atoms with Crippen molar-refractivity contribution in [2.45, 2.75) is 11.3 Å². The van der Waals surface area contributed by atoms with Crippen molar-refractivity contribution in [1.82, 2.24) is 4.98 Å². The number of aromatic nitrogens is 1. The quantitative estimate of drug-likeness (QED) is 0.735. The summed E-state index contributed by atoms with van der Waals surface area (Å²) in [6, 6.07) is 2.88. The highest BCUT2D eigenvalue weighted by Crippen LogP contribution is 2.07. The minimum absolute atomic E-state index is 0.0179. The number of nitrogens with two attached hydrogens (primary N) is 1. The fourth-order valence-electron chi connectivity index (χ4n) is 0.913. The predicted octanol–water partition coefficient (Wildman–Crippen LogP) is -0.487. The Hall–Kier alpha value is -1.43. The van der Waals surface area contributed by atoms with Gasteiger partial charge >= 0.3 is 0 Å². The first-order valence-corrected chi connectivity index (χ1v) is 5.72. The first-order valence-electron chi connectivity index (χ1n) is 3.83. The molecule has 0 saturated carbocycles. The molecule has 0 aliphatic carbocycles. The van der Waals surface area contributed by atoms with Crippen LogP contribution in [-0.4, -0.2) is 25.6 Å². The summed E-state index contributed by atoms with van der Waals surface area (Å²) in [5.41, 5.74) is 5.41. The van der Waals surface area contributed by atoms with E-state index in [1.807, 2.05) is 0 Å². The molecule has 1 heterocycles. The van der Waals surface area contributed by atoms with Crippen molar-refractivity contribution in [1.29, 1.82) is 0 Å². The van der Waals surface area contributed by atoms with E-state index >= 15 is 0 Å². The molecule has 0 saturated heterocycles. The summed E-state index contributed by atoms with van der Waals surface area (Å²) < 4.78 is 22.1. The Morgan fingerprint density at radius 3 is 2.50 bits per heavy atom. The second-order valence-corrected chi connectivity index (χ2v) is 4.92. The average Bonchev–Trinajstić information content (AvgIpc) is 2.02. The van der Waals surface area contributed by atoms with Gasteiger partial charge in [-0.2, -0.15) is 0 Å². The number of carbonyl (C=O) groups is 1. The molecule has 0 radical (unpaired) electrons. The molecule has 1 amide bonds. The molecular weight excluding hydrogens is 204 g/mol. The van der Waals surface area contributed by atoms with Crippen LogP contribution in [-0.2, 0) is 21.1 Å². The van der Waals surface area contributed by atoms with Crippen molar-refractivity contribution in [3.8, 4) is 0 Å². The van der Waals surface area contributed by atoms with Crippen molar-refractivity contribution in [3.63, 3.8) is 0 Å². The van der Waals surface area contributed by atoms with Crippen molar-refractivity contribution in [2.75, 3.05) is 6.26 Å². The zero-order valence-electron chi connectivity index (χ0n) is 7.60. The largest absolute Gasteiger partial charge is 0.369 e. The smallest absolute Gasteiger partial charge is 0.223 e. The highest BCUT2D eigenvalue weighted by Gasteiger charge is 2.07. The van der Waals surface area contributed by atoms with E-state index in [2.05, 4.69) is 4.98 Å². The van der Waals surface area contributed by atoms with Crippen LogP contribution in [0.15, 0.2) is 23.2 Å². The SMILES string of the molecule is CS(=O)(=O)c1ccc(CC(N)=O)nc1. The molecule has 0 bridgehead atoms. The summed E-state index contributed by atoms with van der Waals surface area (Å²) in [6.45, 7) is 0. The Morgan fingerprint density at radius 2 is 2.14 bits per heavy atom. The van der Waals surface area contributed by atoms with Gasteiger partial charge in [-0.3, -0.25) is 9.78 Å². The van der Waals surface area contributed by atoms with Gasteiger partial charge in [0.1, 0.15) is 0 Å². The lowest BCUT2D eigenvalue weighted by atomic mass is 10.3. The molecule has 2 N–H and O–H groups in total. The molecule has 0 atom stereocenters. The molecule has 5 nitrogen and oxygen atoms in total. The van der Waals surface area contributed by atoms with E-state index in [4.69, 9.17) is 5.73 Å². The van der Waals surface area contributed by atoms with Crippen LogP contribution in [0.25, 0.3) is 0 Å². The monoisotopic (exact) mass is 214 g/mol. The topological polar surface area (TPSA) is 90.1 Å². The van der Waals surface area contributed by atoms with Crippen molar-refractivity contribution >= 4 is 15.7 Å². The molecule has 0 fully saturated rings. The molecule has 0 unspecified atom stereocenters. The van der Waals surface area contributed by atoms with Crippen LogP contribution >= 0.6 is 0 Å². The van der Waals surface area contributed by atoms with Crippen LogP contribution in [0.5, 0.6) is 0 Å². The third-order valence-corrected chi connectivity index (χ3v) is 2.68. The lowest BCUT2D eigenvalue weighted by Crippen LogP contribution is -2.14. The number of sulfone groups is 1. The Balaban J connectivity index is 2.95. The maximum atomic E-state index is 11.0. The number of rotatable bonds is 3. The van der Waals surface area contributed by atoms with E-state index in [1.165, 1.54) is 18.3 Å². The van der Waals surface area contributed by atoms with E-state index in [0.29, 0.717) is 5.69 Å². The summed E-state index contributed by atoms with van der Waals surface area (Å²) in [4.78, 5) is 14.5. The fraction of sp³-hybridized carbons (Fsp3) is 0.250. The number of primary amides is 1. The van der Waals surface area contributed by atoms with Crippen LogP contribution in [0, 0.1) is 0 Å². The maximum Gasteiger partial charge on any atom is 0.223 e. The van der Waals surface area contributed by atoms with Gasteiger partial charge in [0.25, 0.3) is 0 Å². The standard InChI is InChI=1S/C8H10N2O3S/c1-14(12,13)7-3-2-6(10-5-7)4-8(9)11/h2-3,5H,4H2,1H3,(H2,9,11). The van der Waals surface area contributed by atoms with Gasteiger partial charge in [-0.05, 0) is 12.1 Å². The zero-order chi connectivity index (χ0) is 10.8. The maximum absolute atomic E-state index is 11.0. The van der Waals surface area contributed by atoms with E-state index in [9.17, 15) is 13.2 Å². The molecular formula is C8H10N2O3S. The lowest BCUT2D eigenvalue weighted by Gasteiger charge is -1.99. The van der Waals surface area contributed by atoms with Gasteiger partial charge in [-0.25, -0.2) is 8.42 Å². The first-order chi connectivity index (χ1) is 6.39. The normalized spacial score (nSPS) is 11.2. The van der Waals surface area contributed by atoms with Gasteiger partial charge in [0.15, 0.2) is 9.84 Å². The molecule has 1 aromatic rings. The summed E-state index contributed by atoms with van der Waals surface area (Å²) in [6.07, 6.45) is 2.33. The summed E-state index contributed by atoms with van der Waals surface area (Å²) in [7, 11) is -3.23. The predicted molar refractivity (Wildman–Crippen MR) is 50.2 cm³/mol. The molecule has 76 valence electrons. The number of amides is 1. The molecule has 14 heavy (non-hydrogen) atoms.